The minimum atomic E-state index is -0.351. The third kappa shape index (κ3) is 3.09. The second kappa shape index (κ2) is 5.52. The van der Waals surface area contributed by atoms with Crippen molar-refractivity contribution in [1.29, 1.82) is 0 Å². The van der Waals surface area contributed by atoms with E-state index in [4.69, 9.17) is 5.84 Å². The van der Waals surface area contributed by atoms with Crippen molar-refractivity contribution in [3.05, 3.63) is 65.7 Å². The molecule has 0 bridgehead atoms. The fraction of sp³-hybridized carbons (Fsp3) is 0.154. The van der Waals surface area contributed by atoms with E-state index in [2.05, 4.69) is 10.4 Å². The molecule has 0 saturated carbocycles. The summed E-state index contributed by atoms with van der Waals surface area (Å²) in [6.07, 6.45) is 3.50. The van der Waals surface area contributed by atoms with Crippen molar-refractivity contribution < 1.29 is 4.39 Å². The van der Waals surface area contributed by atoms with Crippen LogP contribution in [0.4, 0.5) is 4.39 Å². The molecule has 3 nitrogen and oxygen atoms in total. The molecule has 4 heteroatoms. The monoisotopic (exact) mass is 231 g/mol. The van der Waals surface area contributed by atoms with Gasteiger partial charge in [-0.15, -0.1) is 0 Å². The van der Waals surface area contributed by atoms with Crippen LogP contribution in [-0.2, 0) is 6.42 Å². The predicted octanol–water partition coefficient (Wildman–Crippen LogP) is 1.97. The van der Waals surface area contributed by atoms with Crippen LogP contribution >= 0.6 is 0 Å². The maximum absolute atomic E-state index is 13.1. The summed E-state index contributed by atoms with van der Waals surface area (Å²) < 4.78 is 13.1. The SMILES string of the molecule is NNC(Cc1ccccc1)c1cncc(F)c1. The zero-order chi connectivity index (χ0) is 12.1. The Hall–Kier alpha value is -1.78. The molecule has 0 aliphatic rings. The standard InChI is InChI=1S/C13H14FN3/c14-12-7-11(8-16-9-12)13(17-15)6-10-4-2-1-3-5-10/h1-5,7-9,13,17H,6,15H2. The fourth-order valence-corrected chi connectivity index (χ4v) is 1.74. The van der Waals surface area contributed by atoms with Crippen LogP contribution in [0, 0.1) is 5.82 Å². The second-order valence-electron chi connectivity index (χ2n) is 3.85. The van der Waals surface area contributed by atoms with Gasteiger partial charge in [-0.05, 0) is 23.6 Å². The second-order valence-corrected chi connectivity index (χ2v) is 3.85. The van der Waals surface area contributed by atoms with E-state index in [0.29, 0.717) is 6.42 Å². The van der Waals surface area contributed by atoms with Gasteiger partial charge in [0, 0.05) is 6.20 Å². The first kappa shape index (κ1) is 11.7. The lowest BCUT2D eigenvalue weighted by atomic mass is 10.0. The molecular weight excluding hydrogens is 217 g/mol. The Bertz CT molecular complexity index is 473. The molecule has 1 aromatic carbocycles. The van der Waals surface area contributed by atoms with Gasteiger partial charge in [0.2, 0.25) is 0 Å². The number of pyridine rings is 1. The Morgan fingerprint density at radius 1 is 1.24 bits per heavy atom. The fourth-order valence-electron chi connectivity index (χ4n) is 1.74. The topological polar surface area (TPSA) is 50.9 Å². The molecule has 17 heavy (non-hydrogen) atoms. The van der Waals surface area contributed by atoms with Crippen LogP contribution in [0.25, 0.3) is 0 Å². The first-order valence-corrected chi connectivity index (χ1v) is 5.40. The van der Waals surface area contributed by atoms with E-state index < -0.39 is 0 Å². The quantitative estimate of drug-likeness (QED) is 0.624. The van der Waals surface area contributed by atoms with Crippen molar-refractivity contribution in [3.63, 3.8) is 0 Å². The Morgan fingerprint density at radius 2 is 2.00 bits per heavy atom. The lowest BCUT2D eigenvalue weighted by Gasteiger charge is -2.15. The number of hydrazine groups is 1. The van der Waals surface area contributed by atoms with Gasteiger partial charge in [-0.3, -0.25) is 16.3 Å². The highest BCUT2D eigenvalue weighted by molar-refractivity contribution is 5.21. The average molecular weight is 231 g/mol. The van der Waals surface area contributed by atoms with Crippen molar-refractivity contribution >= 4 is 0 Å². The minimum absolute atomic E-state index is 0.138. The van der Waals surface area contributed by atoms with Crippen LogP contribution in [-0.4, -0.2) is 4.98 Å². The molecule has 1 heterocycles. The maximum atomic E-state index is 13.1. The van der Waals surface area contributed by atoms with Crippen molar-refractivity contribution in [3.8, 4) is 0 Å². The zero-order valence-corrected chi connectivity index (χ0v) is 9.31. The van der Waals surface area contributed by atoms with E-state index in [1.807, 2.05) is 30.3 Å². The van der Waals surface area contributed by atoms with Gasteiger partial charge in [-0.1, -0.05) is 30.3 Å². The summed E-state index contributed by atoms with van der Waals surface area (Å²) in [6.45, 7) is 0. The van der Waals surface area contributed by atoms with Crippen LogP contribution in [0.15, 0.2) is 48.8 Å². The molecule has 2 aromatic rings. The molecular formula is C13H14FN3. The summed E-state index contributed by atoms with van der Waals surface area (Å²) in [4.78, 5) is 3.82. The average Bonchev–Trinajstić information content (AvgIpc) is 2.37. The van der Waals surface area contributed by atoms with Gasteiger partial charge in [0.15, 0.2) is 0 Å². The molecule has 1 unspecified atom stereocenters. The van der Waals surface area contributed by atoms with Gasteiger partial charge in [-0.2, -0.15) is 0 Å². The lowest BCUT2D eigenvalue weighted by Crippen LogP contribution is -2.29. The van der Waals surface area contributed by atoms with Crippen molar-refractivity contribution in [2.75, 3.05) is 0 Å². The van der Waals surface area contributed by atoms with E-state index in [1.54, 1.807) is 6.20 Å². The number of aromatic nitrogens is 1. The molecule has 0 amide bonds. The summed E-state index contributed by atoms with van der Waals surface area (Å²) >= 11 is 0. The molecule has 0 spiro atoms. The first-order valence-electron chi connectivity index (χ1n) is 5.40. The highest BCUT2D eigenvalue weighted by Crippen LogP contribution is 2.17. The molecule has 1 aromatic heterocycles. The largest absolute Gasteiger partial charge is 0.271 e. The summed E-state index contributed by atoms with van der Waals surface area (Å²) in [5, 5.41) is 0. The number of hydrogen-bond acceptors (Lipinski definition) is 3. The first-order chi connectivity index (χ1) is 8.29. The third-order valence-electron chi connectivity index (χ3n) is 2.61. The number of benzene rings is 1. The third-order valence-corrected chi connectivity index (χ3v) is 2.61. The summed E-state index contributed by atoms with van der Waals surface area (Å²) in [5.41, 5.74) is 4.57. The molecule has 0 radical (unpaired) electrons. The van der Waals surface area contributed by atoms with Crippen LogP contribution in [0.2, 0.25) is 0 Å². The van der Waals surface area contributed by atoms with E-state index >= 15 is 0 Å². The normalized spacial score (nSPS) is 12.4. The summed E-state index contributed by atoms with van der Waals surface area (Å²) in [7, 11) is 0. The minimum Gasteiger partial charge on any atom is -0.271 e. The van der Waals surface area contributed by atoms with Crippen molar-refractivity contribution in [1.82, 2.24) is 10.4 Å². The lowest BCUT2D eigenvalue weighted by molar-refractivity contribution is 0.541. The van der Waals surface area contributed by atoms with Crippen LogP contribution in [0.3, 0.4) is 0 Å². The van der Waals surface area contributed by atoms with Crippen LogP contribution in [0.1, 0.15) is 17.2 Å². The highest BCUT2D eigenvalue weighted by atomic mass is 19.1. The summed E-state index contributed by atoms with van der Waals surface area (Å²) in [5.74, 6) is 5.15. The number of nitrogens with zero attached hydrogens (tertiary/aromatic N) is 1. The van der Waals surface area contributed by atoms with Crippen molar-refractivity contribution in [2.24, 2.45) is 5.84 Å². The molecule has 88 valence electrons. The van der Waals surface area contributed by atoms with E-state index in [0.717, 1.165) is 11.1 Å². The molecule has 1 atom stereocenters. The zero-order valence-electron chi connectivity index (χ0n) is 9.31. The molecule has 0 saturated heterocycles. The number of nitrogens with two attached hydrogens (primary N) is 1. The Morgan fingerprint density at radius 3 is 2.65 bits per heavy atom. The number of halogens is 1. The molecule has 2 rings (SSSR count). The molecule has 0 fully saturated rings. The van der Waals surface area contributed by atoms with Gasteiger partial charge >= 0.3 is 0 Å². The van der Waals surface area contributed by atoms with Gasteiger partial charge in [0.1, 0.15) is 5.82 Å². The predicted molar refractivity (Wildman–Crippen MR) is 64.4 cm³/mol. The van der Waals surface area contributed by atoms with Gasteiger partial charge in [0.25, 0.3) is 0 Å². The maximum Gasteiger partial charge on any atom is 0.141 e. The molecule has 0 aliphatic carbocycles. The van der Waals surface area contributed by atoms with Crippen LogP contribution in [0.5, 0.6) is 0 Å². The van der Waals surface area contributed by atoms with Gasteiger partial charge < -0.3 is 0 Å². The smallest absolute Gasteiger partial charge is 0.141 e. The Labute approximate surface area is 99.5 Å². The number of hydrogen-bond donors (Lipinski definition) is 2. The van der Waals surface area contributed by atoms with E-state index in [-0.39, 0.29) is 11.9 Å². The van der Waals surface area contributed by atoms with Gasteiger partial charge in [-0.25, -0.2) is 4.39 Å². The number of rotatable bonds is 4. The molecule has 3 N–H and O–H groups in total. The van der Waals surface area contributed by atoms with Crippen LogP contribution < -0.4 is 11.3 Å². The van der Waals surface area contributed by atoms with Crippen molar-refractivity contribution in [2.45, 2.75) is 12.5 Å². The Balaban J connectivity index is 2.17. The highest BCUT2D eigenvalue weighted by Gasteiger charge is 2.11. The Kier molecular flexibility index (Phi) is 3.80. The van der Waals surface area contributed by atoms with Gasteiger partial charge in [0.05, 0.1) is 12.2 Å². The molecule has 0 aliphatic heterocycles. The number of nitrogens with one attached hydrogen (secondary N) is 1. The van der Waals surface area contributed by atoms with E-state index in [9.17, 15) is 4.39 Å². The summed E-state index contributed by atoms with van der Waals surface area (Å²) in [6, 6.07) is 11.2. The van der Waals surface area contributed by atoms with E-state index in [1.165, 1.54) is 12.3 Å².